The summed E-state index contributed by atoms with van der Waals surface area (Å²) in [6.45, 7) is 1.98. The van der Waals surface area contributed by atoms with Gasteiger partial charge in [-0.2, -0.15) is 5.10 Å². The summed E-state index contributed by atoms with van der Waals surface area (Å²) >= 11 is 0. The number of aromatic amines is 1. The number of carbonyl (C=O) groups is 1. The second-order valence-electron chi connectivity index (χ2n) is 4.87. The molecule has 3 rings (SSSR count). The van der Waals surface area contributed by atoms with E-state index in [1.165, 1.54) is 0 Å². The molecule has 0 amide bonds. The van der Waals surface area contributed by atoms with E-state index < -0.39 is 5.97 Å². The van der Waals surface area contributed by atoms with E-state index in [0.29, 0.717) is 5.69 Å². The molecule has 0 atom stereocenters. The third-order valence-electron chi connectivity index (χ3n) is 3.76. The van der Waals surface area contributed by atoms with Gasteiger partial charge < -0.3 is 14.4 Å². The first-order chi connectivity index (χ1) is 10.0. The SMILES string of the molecule is COc1ccc2c(c1)c(-c1cc(C(=O)O)[nH]n1)c(C)n2C. The summed E-state index contributed by atoms with van der Waals surface area (Å²) in [5.74, 6) is -0.271. The van der Waals surface area contributed by atoms with E-state index in [2.05, 4.69) is 14.8 Å². The monoisotopic (exact) mass is 285 g/mol. The van der Waals surface area contributed by atoms with Crippen molar-refractivity contribution in [3.05, 3.63) is 35.7 Å². The van der Waals surface area contributed by atoms with E-state index in [4.69, 9.17) is 9.84 Å². The Hall–Kier alpha value is -2.76. The lowest BCUT2D eigenvalue weighted by Gasteiger charge is -2.01. The molecule has 0 radical (unpaired) electrons. The second-order valence-corrected chi connectivity index (χ2v) is 4.87. The Labute approximate surface area is 121 Å². The molecule has 6 nitrogen and oxygen atoms in total. The first kappa shape index (κ1) is 13.2. The second kappa shape index (κ2) is 4.66. The van der Waals surface area contributed by atoms with Crippen LogP contribution in [0.15, 0.2) is 24.3 Å². The molecular formula is C15H15N3O3. The Morgan fingerprint density at radius 1 is 1.38 bits per heavy atom. The number of carboxylic acids is 1. The number of aryl methyl sites for hydroxylation is 1. The smallest absolute Gasteiger partial charge is 0.353 e. The largest absolute Gasteiger partial charge is 0.497 e. The van der Waals surface area contributed by atoms with Gasteiger partial charge in [-0.15, -0.1) is 0 Å². The number of nitrogens with zero attached hydrogens (tertiary/aromatic N) is 2. The van der Waals surface area contributed by atoms with Crippen molar-refractivity contribution in [1.82, 2.24) is 14.8 Å². The Balaban J connectivity index is 2.29. The maximum absolute atomic E-state index is 11.0. The molecule has 0 aliphatic rings. The summed E-state index contributed by atoms with van der Waals surface area (Å²) in [5.41, 5.74) is 3.66. The number of aromatic carboxylic acids is 1. The predicted molar refractivity (Wildman–Crippen MR) is 78.7 cm³/mol. The van der Waals surface area contributed by atoms with Crippen molar-refractivity contribution in [2.75, 3.05) is 7.11 Å². The number of H-pyrrole nitrogens is 1. The van der Waals surface area contributed by atoms with Crippen LogP contribution in [0.2, 0.25) is 0 Å². The van der Waals surface area contributed by atoms with Gasteiger partial charge in [0.2, 0.25) is 0 Å². The van der Waals surface area contributed by atoms with E-state index in [9.17, 15) is 4.79 Å². The van der Waals surface area contributed by atoms with Crippen LogP contribution in [0.1, 0.15) is 16.2 Å². The lowest BCUT2D eigenvalue weighted by atomic mass is 10.1. The fourth-order valence-corrected chi connectivity index (χ4v) is 2.56. The van der Waals surface area contributed by atoms with Crippen molar-refractivity contribution in [3.63, 3.8) is 0 Å². The summed E-state index contributed by atoms with van der Waals surface area (Å²) in [7, 11) is 3.59. The standard InChI is InChI=1S/C15H15N3O3/c1-8-14(11-7-12(15(19)20)17-16-11)10-6-9(21-3)4-5-13(10)18(8)2/h4-7H,1-3H3,(H,16,17)(H,19,20). The molecule has 0 spiro atoms. The van der Waals surface area contributed by atoms with Crippen molar-refractivity contribution in [3.8, 4) is 17.0 Å². The van der Waals surface area contributed by atoms with Crippen molar-refractivity contribution in [2.24, 2.45) is 7.05 Å². The zero-order valence-electron chi connectivity index (χ0n) is 12.0. The number of hydrogen-bond donors (Lipinski definition) is 2. The molecule has 21 heavy (non-hydrogen) atoms. The lowest BCUT2D eigenvalue weighted by Crippen LogP contribution is -1.95. The van der Waals surface area contributed by atoms with Gasteiger partial charge in [-0.05, 0) is 31.2 Å². The molecule has 0 saturated carbocycles. The van der Waals surface area contributed by atoms with Crippen molar-refractivity contribution >= 4 is 16.9 Å². The van der Waals surface area contributed by atoms with Crippen molar-refractivity contribution in [2.45, 2.75) is 6.92 Å². The van der Waals surface area contributed by atoms with Gasteiger partial charge in [0.15, 0.2) is 0 Å². The number of carboxylic acid groups (broad SMARTS) is 1. The third kappa shape index (κ3) is 1.96. The van der Waals surface area contributed by atoms with Crippen LogP contribution in [-0.2, 0) is 7.05 Å². The fraction of sp³-hybridized carbons (Fsp3) is 0.200. The number of benzene rings is 1. The number of rotatable bonds is 3. The van der Waals surface area contributed by atoms with Crippen LogP contribution in [0.5, 0.6) is 5.75 Å². The summed E-state index contributed by atoms with van der Waals surface area (Å²) in [6, 6.07) is 7.37. The third-order valence-corrected chi connectivity index (χ3v) is 3.76. The molecule has 2 aromatic heterocycles. The van der Waals surface area contributed by atoms with Gasteiger partial charge in [0.1, 0.15) is 11.4 Å². The lowest BCUT2D eigenvalue weighted by molar-refractivity contribution is 0.0690. The molecule has 0 saturated heterocycles. The first-order valence-corrected chi connectivity index (χ1v) is 6.45. The minimum absolute atomic E-state index is 0.0734. The zero-order valence-corrected chi connectivity index (χ0v) is 12.0. The molecule has 2 heterocycles. The van der Waals surface area contributed by atoms with Crippen molar-refractivity contribution < 1.29 is 14.6 Å². The minimum atomic E-state index is -1.02. The molecule has 0 bridgehead atoms. The molecule has 3 aromatic rings. The topological polar surface area (TPSA) is 80.1 Å². The van der Waals surface area contributed by atoms with Crippen LogP contribution in [0.3, 0.4) is 0 Å². The van der Waals surface area contributed by atoms with E-state index in [-0.39, 0.29) is 5.69 Å². The van der Waals surface area contributed by atoms with Crippen molar-refractivity contribution in [1.29, 1.82) is 0 Å². The van der Waals surface area contributed by atoms with Gasteiger partial charge in [-0.1, -0.05) is 0 Å². The molecule has 0 unspecified atom stereocenters. The summed E-state index contributed by atoms with van der Waals surface area (Å²) in [5, 5.41) is 16.7. The summed E-state index contributed by atoms with van der Waals surface area (Å²) in [4.78, 5) is 11.0. The number of aromatic nitrogens is 3. The van der Waals surface area contributed by atoms with Crippen LogP contribution >= 0.6 is 0 Å². The predicted octanol–water partition coefficient (Wildman–Crippen LogP) is 2.58. The highest BCUT2D eigenvalue weighted by atomic mass is 16.5. The normalized spacial score (nSPS) is 11.0. The number of methoxy groups -OCH3 is 1. The first-order valence-electron chi connectivity index (χ1n) is 6.45. The quantitative estimate of drug-likeness (QED) is 0.775. The Morgan fingerprint density at radius 3 is 2.76 bits per heavy atom. The molecule has 0 aliphatic heterocycles. The summed E-state index contributed by atoms with van der Waals surface area (Å²) in [6.07, 6.45) is 0. The number of hydrogen-bond acceptors (Lipinski definition) is 3. The maximum Gasteiger partial charge on any atom is 0.353 e. The van der Waals surface area contributed by atoms with Gasteiger partial charge in [-0.25, -0.2) is 4.79 Å². The van der Waals surface area contributed by atoms with Crippen LogP contribution < -0.4 is 4.74 Å². The van der Waals surface area contributed by atoms with Crippen LogP contribution in [0.4, 0.5) is 0 Å². The molecule has 6 heteroatoms. The van der Waals surface area contributed by atoms with E-state index in [1.807, 2.05) is 32.2 Å². The van der Waals surface area contributed by atoms with Gasteiger partial charge in [0.25, 0.3) is 0 Å². The number of fused-ring (bicyclic) bond motifs is 1. The fourth-order valence-electron chi connectivity index (χ4n) is 2.56. The molecule has 2 N–H and O–H groups in total. The maximum atomic E-state index is 11.0. The highest BCUT2D eigenvalue weighted by molar-refractivity contribution is 5.99. The van der Waals surface area contributed by atoms with Gasteiger partial charge in [0.05, 0.1) is 12.8 Å². The highest BCUT2D eigenvalue weighted by Gasteiger charge is 2.18. The highest BCUT2D eigenvalue weighted by Crippen LogP contribution is 2.35. The van der Waals surface area contributed by atoms with Gasteiger partial charge in [-0.3, -0.25) is 5.10 Å². The van der Waals surface area contributed by atoms with E-state index in [0.717, 1.165) is 27.9 Å². The number of nitrogens with one attached hydrogen (secondary N) is 1. The Bertz CT molecular complexity index is 845. The Morgan fingerprint density at radius 2 is 2.14 bits per heavy atom. The van der Waals surface area contributed by atoms with Gasteiger partial charge >= 0.3 is 5.97 Å². The van der Waals surface area contributed by atoms with Crippen LogP contribution in [-0.4, -0.2) is 33.0 Å². The van der Waals surface area contributed by atoms with Gasteiger partial charge in [0, 0.05) is 29.2 Å². The number of ether oxygens (including phenoxy) is 1. The van der Waals surface area contributed by atoms with Crippen LogP contribution in [0.25, 0.3) is 22.2 Å². The summed E-state index contributed by atoms with van der Waals surface area (Å²) < 4.78 is 7.33. The van der Waals surface area contributed by atoms with Crippen LogP contribution in [0, 0.1) is 6.92 Å². The van der Waals surface area contributed by atoms with E-state index in [1.54, 1.807) is 13.2 Å². The Kier molecular flexibility index (Phi) is 2.94. The molecule has 0 aliphatic carbocycles. The average Bonchev–Trinajstić information content (AvgIpc) is 3.04. The zero-order chi connectivity index (χ0) is 15.1. The average molecular weight is 285 g/mol. The molecular weight excluding hydrogens is 270 g/mol. The van der Waals surface area contributed by atoms with E-state index >= 15 is 0 Å². The molecule has 108 valence electrons. The molecule has 1 aromatic carbocycles. The minimum Gasteiger partial charge on any atom is -0.497 e. The molecule has 0 fully saturated rings.